The molecular weight excluding hydrogens is 429 g/mol. The number of nitrogens with one attached hydrogen (secondary N) is 1. The highest BCUT2D eigenvalue weighted by Gasteiger charge is 2.24. The Morgan fingerprint density at radius 2 is 1.86 bits per heavy atom. The highest BCUT2D eigenvalue weighted by molar-refractivity contribution is 7.14. The summed E-state index contributed by atoms with van der Waals surface area (Å²) in [6, 6.07) is 11.3. The van der Waals surface area contributed by atoms with Gasteiger partial charge in [0, 0.05) is 42.9 Å². The lowest BCUT2D eigenvalue weighted by molar-refractivity contribution is 0.0742. The number of aromatic nitrogens is 2. The molecule has 0 spiro atoms. The van der Waals surface area contributed by atoms with Gasteiger partial charge in [0.25, 0.3) is 5.91 Å². The molecule has 1 aliphatic heterocycles. The third-order valence-electron chi connectivity index (χ3n) is 4.68. The fourth-order valence-electron chi connectivity index (χ4n) is 3.16. The molecule has 2 aromatic heterocycles. The Labute approximate surface area is 183 Å². The largest absolute Gasteiger partial charge is 0.368 e. The van der Waals surface area contributed by atoms with Gasteiger partial charge in [0.05, 0.1) is 10.0 Å². The smallest absolute Gasteiger partial charge is 0.273 e. The van der Waals surface area contributed by atoms with E-state index in [1.54, 1.807) is 11.4 Å². The molecular formula is C20H19Cl2N5OS. The van der Waals surface area contributed by atoms with Gasteiger partial charge in [-0.25, -0.2) is 9.97 Å². The van der Waals surface area contributed by atoms with E-state index in [9.17, 15) is 4.79 Å². The average Bonchev–Trinajstić information content (AvgIpc) is 3.18. The molecule has 0 unspecified atom stereocenters. The van der Waals surface area contributed by atoms with Gasteiger partial charge in [-0.3, -0.25) is 4.79 Å². The summed E-state index contributed by atoms with van der Waals surface area (Å²) in [6.07, 6.45) is 0. The number of nitrogens with zero attached hydrogens (tertiary/aromatic N) is 4. The van der Waals surface area contributed by atoms with Crippen LogP contribution in [0.3, 0.4) is 0 Å². The average molecular weight is 448 g/mol. The van der Waals surface area contributed by atoms with Crippen LogP contribution >= 0.6 is 34.5 Å². The fraction of sp³-hybridized carbons (Fsp3) is 0.250. The van der Waals surface area contributed by atoms with Crippen LogP contribution in [0.25, 0.3) is 0 Å². The summed E-state index contributed by atoms with van der Waals surface area (Å²) in [4.78, 5) is 25.7. The van der Waals surface area contributed by atoms with E-state index in [4.69, 9.17) is 23.2 Å². The van der Waals surface area contributed by atoms with Crippen molar-refractivity contribution < 1.29 is 4.79 Å². The van der Waals surface area contributed by atoms with E-state index in [-0.39, 0.29) is 5.91 Å². The lowest BCUT2D eigenvalue weighted by atomic mass is 10.2. The Bertz CT molecular complexity index is 1030. The molecule has 3 aromatic rings. The number of pyridine rings is 1. The zero-order chi connectivity index (χ0) is 20.4. The van der Waals surface area contributed by atoms with Gasteiger partial charge in [-0.1, -0.05) is 29.3 Å². The standard InChI is InChI=1S/C20H19Cl2N5OS/c1-13-3-2-4-18(23-13)25-20-24-17(12-29-20)19(28)27-9-7-26(8-10-27)14-5-6-15(21)16(22)11-14/h2-6,11-12H,7-10H2,1H3,(H,23,24,25). The van der Waals surface area contributed by atoms with Gasteiger partial charge in [-0.2, -0.15) is 0 Å². The van der Waals surface area contributed by atoms with Crippen molar-refractivity contribution in [3.63, 3.8) is 0 Å². The maximum atomic E-state index is 12.8. The molecule has 0 saturated carbocycles. The van der Waals surface area contributed by atoms with Crippen molar-refractivity contribution in [2.75, 3.05) is 36.4 Å². The van der Waals surface area contributed by atoms with Crippen LogP contribution in [0.1, 0.15) is 16.2 Å². The summed E-state index contributed by atoms with van der Waals surface area (Å²) in [6.45, 7) is 4.63. The number of rotatable bonds is 4. The molecule has 1 amide bonds. The van der Waals surface area contributed by atoms with Crippen LogP contribution in [-0.2, 0) is 0 Å². The summed E-state index contributed by atoms with van der Waals surface area (Å²) in [5.41, 5.74) is 2.38. The molecule has 150 valence electrons. The van der Waals surface area contributed by atoms with E-state index in [1.165, 1.54) is 11.3 Å². The van der Waals surface area contributed by atoms with E-state index < -0.39 is 0 Å². The topological polar surface area (TPSA) is 61.4 Å². The molecule has 6 nitrogen and oxygen atoms in total. The zero-order valence-corrected chi connectivity index (χ0v) is 18.1. The van der Waals surface area contributed by atoms with Crippen molar-refractivity contribution in [1.82, 2.24) is 14.9 Å². The second-order valence-corrected chi connectivity index (χ2v) is 8.38. The van der Waals surface area contributed by atoms with Crippen molar-refractivity contribution in [2.24, 2.45) is 0 Å². The zero-order valence-electron chi connectivity index (χ0n) is 15.7. The van der Waals surface area contributed by atoms with Crippen LogP contribution in [0.2, 0.25) is 10.0 Å². The fourth-order valence-corrected chi connectivity index (χ4v) is 4.15. The van der Waals surface area contributed by atoms with Crippen LogP contribution in [0, 0.1) is 6.92 Å². The van der Waals surface area contributed by atoms with E-state index in [0.29, 0.717) is 39.8 Å². The minimum absolute atomic E-state index is 0.0553. The summed E-state index contributed by atoms with van der Waals surface area (Å²) in [5, 5.41) is 6.67. The number of carbonyl (C=O) groups is 1. The lowest BCUT2D eigenvalue weighted by Gasteiger charge is -2.36. The molecule has 1 fully saturated rings. The Morgan fingerprint density at radius 3 is 2.59 bits per heavy atom. The summed E-state index contributed by atoms with van der Waals surface area (Å²) >= 11 is 13.5. The van der Waals surface area contributed by atoms with Crippen molar-refractivity contribution in [3.8, 4) is 0 Å². The minimum atomic E-state index is -0.0553. The van der Waals surface area contributed by atoms with Crippen LogP contribution in [-0.4, -0.2) is 47.0 Å². The van der Waals surface area contributed by atoms with Gasteiger partial charge in [0.15, 0.2) is 5.13 Å². The van der Waals surface area contributed by atoms with Crippen molar-refractivity contribution >= 4 is 57.1 Å². The van der Waals surface area contributed by atoms with Crippen LogP contribution in [0.15, 0.2) is 41.8 Å². The molecule has 0 radical (unpaired) electrons. The van der Waals surface area contributed by atoms with Crippen LogP contribution in [0.5, 0.6) is 0 Å². The molecule has 3 heterocycles. The van der Waals surface area contributed by atoms with E-state index in [1.807, 2.05) is 42.2 Å². The number of hydrogen-bond donors (Lipinski definition) is 1. The molecule has 1 saturated heterocycles. The van der Waals surface area contributed by atoms with Gasteiger partial charge < -0.3 is 15.1 Å². The Morgan fingerprint density at radius 1 is 1.07 bits per heavy atom. The predicted molar refractivity (Wildman–Crippen MR) is 119 cm³/mol. The number of amides is 1. The van der Waals surface area contributed by atoms with Gasteiger partial charge in [-0.15, -0.1) is 11.3 Å². The highest BCUT2D eigenvalue weighted by Crippen LogP contribution is 2.28. The number of carbonyl (C=O) groups excluding carboxylic acids is 1. The number of thiazole rings is 1. The Kier molecular flexibility index (Phi) is 5.89. The number of hydrogen-bond acceptors (Lipinski definition) is 6. The molecule has 1 N–H and O–H groups in total. The number of aryl methyl sites for hydroxylation is 1. The van der Waals surface area contributed by atoms with Gasteiger partial charge >= 0.3 is 0 Å². The monoisotopic (exact) mass is 447 g/mol. The second kappa shape index (κ2) is 8.57. The first kappa shape index (κ1) is 19.9. The maximum absolute atomic E-state index is 12.8. The van der Waals surface area contributed by atoms with Crippen LogP contribution < -0.4 is 10.2 Å². The number of halogens is 2. The van der Waals surface area contributed by atoms with Gasteiger partial charge in [0.1, 0.15) is 11.5 Å². The molecule has 9 heteroatoms. The highest BCUT2D eigenvalue weighted by atomic mass is 35.5. The normalized spacial score (nSPS) is 14.2. The lowest BCUT2D eigenvalue weighted by Crippen LogP contribution is -2.48. The number of benzene rings is 1. The SMILES string of the molecule is Cc1cccc(Nc2nc(C(=O)N3CCN(c4ccc(Cl)c(Cl)c4)CC3)cs2)n1. The molecule has 0 aliphatic carbocycles. The molecule has 0 atom stereocenters. The van der Waals surface area contributed by atoms with Crippen molar-refractivity contribution in [1.29, 1.82) is 0 Å². The van der Waals surface area contributed by atoms with E-state index in [0.717, 1.165) is 24.5 Å². The Hall–Kier alpha value is -2.35. The third-order valence-corrected chi connectivity index (χ3v) is 6.18. The number of piperazine rings is 1. The summed E-state index contributed by atoms with van der Waals surface area (Å²) in [7, 11) is 0. The maximum Gasteiger partial charge on any atom is 0.273 e. The summed E-state index contributed by atoms with van der Waals surface area (Å²) in [5.74, 6) is 0.661. The summed E-state index contributed by atoms with van der Waals surface area (Å²) < 4.78 is 0. The van der Waals surface area contributed by atoms with Crippen molar-refractivity contribution in [3.05, 3.63) is 63.2 Å². The Balaban J connectivity index is 1.37. The first-order valence-electron chi connectivity index (χ1n) is 9.15. The van der Waals surface area contributed by atoms with Crippen LogP contribution in [0.4, 0.5) is 16.6 Å². The van der Waals surface area contributed by atoms with E-state index >= 15 is 0 Å². The number of anilines is 3. The second-order valence-electron chi connectivity index (χ2n) is 6.70. The molecule has 29 heavy (non-hydrogen) atoms. The van der Waals surface area contributed by atoms with Crippen molar-refractivity contribution in [2.45, 2.75) is 6.92 Å². The molecule has 1 aliphatic rings. The van der Waals surface area contributed by atoms with E-state index in [2.05, 4.69) is 20.2 Å². The van der Waals surface area contributed by atoms with Gasteiger partial charge in [-0.05, 0) is 37.3 Å². The first-order chi connectivity index (χ1) is 14.0. The minimum Gasteiger partial charge on any atom is -0.368 e. The first-order valence-corrected chi connectivity index (χ1v) is 10.8. The molecule has 1 aromatic carbocycles. The van der Waals surface area contributed by atoms with Gasteiger partial charge in [0.2, 0.25) is 0 Å². The molecule has 4 rings (SSSR count). The third kappa shape index (κ3) is 4.63. The molecule has 0 bridgehead atoms. The predicted octanol–water partition coefficient (Wildman–Crippen LogP) is 4.86. The quantitative estimate of drug-likeness (QED) is 0.618.